The molecule has 10 heavy (non-hydrogen) atoms. The van der Waals surface area contributed by atoms with E-state index >= 15 is 0 Å². The van der Waals surface area contributed by atoms with Gasteiger partial charge in [-0.2, -0.15) is 0 Å². The highest BCUT2D eigenvalue weighted by molar-refractivity contribution is 5.69. The van der Waals surface area contributed by atoms with E-state index in [0.717, 1.165) is 5.57 Å². The topological polar surface area (TPSA) is 37.3 Å². The molecule has 58 valence electrons. The Morgan fingerprint density at radius 3 is 2.50 bits per heavy atom. The average Bonchev–Trinajstić information content (AvgIpc) is 1.87. The minimum Gasteiger partial charge on any atom is -0.481 e. The summed E-state index contributed by atoms with van der Waals surface area (Å²) in [5.74, 6) is -0.975. The third-order valence-electron chi connectivity index (χ3n) is 1.54. The summed E-state index contributed by atoms with van der Waals surface area (Å²) in [6, 6.07) is 0. The molecule has 1 N–H and O–H groups in total. The molecule has 0 aliphatic rings. The Labute approximate surface area is 61.6 Å². The fraction of sp³-hybridized carbons (Fsp3) is 0.625. The van der Waals surface area contributed by atoms with Gasteiger partial charge in [0.05, 0.1) is 5.92 Å². The van der Waals surface area contributed by atoms with E-state index in [1.54, 1.807) is 6.92 Å². The third-order valence-corrected chi connectivity index (χ3v) is 1.54. The van der Waals surface area contributed by atoms with Crippen LogP contribution in [0.3, 0.4) is 0 Å². The van der Waals surface area contributed by atoms with Crippen LogP contribution in [-0.2, 0) is 4.79 Å². The first-order valence-electron chi connectivity index (χ1n) is 3.42. The summed E-state index contributed by atoms with van der Waals surface area (Å²) >= 11 is 0. The van der Waals surface area contributed by atoms with E-state index in [-0.39, 0.29) is 5.92 Å². The largest absolute Gasteiger partial charge is 0.481 e. The molecular formula is C8H14O2. The molecule has 0 fully saturated rings. The second kappa shape index (κ2) is 4.09. The van der Waals surface area contributed by atoms with Crippen molar-refractivity contribution in [2.75, 3.05) is 0 Å². The Hall–Kier alpha value is -0.790. The lowest BCUT2D eigenvalue weighted by Gasteiger charge is -2.04. The summed E-state index contributed by atoms with van der Waals surface area (Å²) in [4.78, 5) is 10.3. The molecule has 0 aliphatic carbocycles. The number of carbonyl (C=O) groups is 1. The molecule has 2 heteroatoms. The minimum absolute atomic E-state index is 0.254. The standard InChI is InChI=1S/C8H14O2/c1-4-6(2)5-7(3)8(9)10/h4,7H,5H2,1-3H3,(H,9,10). The molecule has 2 nitrogen and oxygen atoms in total. The zero-order valence-corrected chi connectivity index (χ0v) is 6.72. The van der Waals surface area contributed by atoms with Crippen molar-refractivity contribution in [1.82, 2.24) is 0 Å². The second-order valence-corrected chi connectivity index (χ2v) is 2.58. The highest BCUT2D eigenvalue weighted by Gasteiger charge is 2.09. The van der Waals surface area contributed by atoms with Gasteiger partial charge in [-0.25, -0.2) is 0 Å². The number of carboxylic acids is 1. The molecule has 0 heterocycles. The van der Waals surface area contributed by atoms with E-state index in [9.17, 15) is 4.79 Å². The normalized spacial score (nSPS) is 14.9. The summed E-state index contributed by atoms with van der Waals surface area (Å²) in [5.41, 5.74) is 1.13. The number of hydrogen-bond acceptors (Lipinski definition) is 1. The van der Waals surface area contributed by atoms with E-state index in [0.29, 0.717) is 6.42 Å². The number of carboxylic acid groups (broad SMARTS) is 1. The van der Waals surface area contributed by atoms with Crippen LogP contribution in [0.15, 0.2) is 11.6 Å². The molecule has 0 bridgehead atoms. The van der Waals surface area contributed by atoms with E-state index < -0.39 is 5.97 Å². The highest BCUT2D eigenvalue weighted by atomic mass is 16.4. The molecule has 0 rings (SSSR count). The summed E-state index contributed by atoms with van der Waals surface area (Å²) in [6.07, 6.45) is 2.60. The van der Waals surface area contributed by atoms with E-state index in [1.165, 1.54) is 0 Å². The zero-order chi connectivity index (χ0) is 8.15. The van der Waals surface area contributed by atoms with Crippen molar-refractivity contribution in [3.63, 3.8) is 0 Å². The average molecular weight is 142 g/mol. The SMILES string of the molecule is CC=C(C)CC(C)C(=O)O. The van der Waals surface area contributed by atoms with Gasteiger partial charge in [0, 0.05) is 0 Å². The number of rotatable bonds is 3. The molecule has 0 saturated carbocycles. The van der Waals surface area contributed by atoms with Crippen molar-refractivity contribution in [1.29, 1.82) is 0 Å². The van der Waals surface area contributed by atoms with Crippen LogP contribution in [0.2, 0.25) is 0 Å². The van der Waals surface area contributed by atoms with Gasteiger partial charge in [0.25, 0.3) is 0 Å². The lowest BCUT2D eigenvalue weighted by atomic mass is 10.0. The van der Waals surface area contributed by atoms with Gasteiger partial charge in [-0.1, -0.05) is 18.6 Å². The molecule has 0 spiro atoms. The maximum absolute atomic E-state index is 10.3. The monoisotopic (exact) mass is 142 g/mol. The van der Waals surface area contributed by atoms with Gasteiger partial charge in [-0.15, -0.1) is 0 Å². The molecule has 0 saturated heterocycles. The molecule has 0 amide bonds. The van der Waals surface area contributed by atoms with Crippen LogP contribution < -0.4 is 0 Å². The molecule has 1 atom stereocenters. The molecule has 1 unspecified atom stereocenters. The van der Waals surface area contributed by atoms with Gasteiger partial charge >= 0.3 is 5.97 Å². The summed E-state index contributed by atoms with van der Waals surface area (Å²) in [5, 5.41) is 8.50. The van der Waals surface area contributed by atoms with E-state index in [1.807, 2.05) is 19.9 Å². The number of aliphatic carboxylic acids is 1. The van der Waals surface area contributed by atoms with Crippen molar-refractivity contribution in [3.05, 3.63) is 11.6 Å². The van der Waals surface area contributed by atoms with E-state index in [4.69, 9.17) is 5.11 Å². The molecule has 0 aromatic rings. The first-order valence-corrected chi connectivity index (χ1v) is 3.42. The quantitative estimate of drug-likeness (QED) is 0.612. The van der Waals surface area contributed by atoms with Crippen LogP contribution in [0, 0.1) is 5.92 Å². The maximum Gasteiger partial charge on any atom is 0.306 e. The van der Waals surface area contributed by atoms with Crippen molar-refractivity contribution in [2.45, 2.75) is 27.2 Å². The Morgan fingerprint density at radius 2 is 2.20 bits per heavy atom. The Kier molecular flexibility index (Phi) is 3.77. The van der Waals surface area contributed by atoms with Crippen molar-refractivity contribution in [2.24, 2.45) is 5.92 Å². The Bertz CT molecular complexity index is 147. The molecule has 0 aliphatic heterocycles. The molecule has 0 aromatic heterocycles. The lowest BCUT2D eigenvalue weighted by molar-refractivity contribution is -0.141. The maximum atomic E-state index is 10.3. The minimum atomic E-state index is -0.721. The van der Waals surface area contributed by atoms with Crippen LogP contribution >= 0.6 is 0 Å². The molecule has 0 radical (unpaired) electrons. The predicted octanol–water partition coefficient (Wildman–Crippen LogP) is 2.06. The Balaban J connectivity index is 3.80. The zero-order valence-electron chi connectivity index (χ0n) is 6.72. The summed E-state index contributed by atoms with van der Waals surface area (Å²) in [7, 11) is 0. The van der Waals surface area contributed by atoms with Gasteiger partial charge < -0.3 is 5.11 Å². The fourth-order valence-corrected chi connectivity index (χ4v) is 0.688. The third kappa shape index (κ3) is 3.28. The van der Waals surface area contributed by atoms with Crippen molar-refractivity contribution >= 4 is 5.97 Å². The van der Waals surface area contributed by atoms with Crippen molar-refractivity contribution < 1.29 is 9.90 Å². The number of hydrogen-bond donors (Lipinski definition) is 1. The summed E-state index contributed by atoms with van der Waals surface area (Å²) in [6.45, 7) is 5.58. The van der Waals surface area contributed by atoms with Gasteiger partial charge in [-0.05, 0) is 20.3 Å². The van der Waals surface area contributed by atoms with Gasteiger partial charge in [-0.3, -0.25) is 4.79 Å². The van der Waals surface area contributed by atoms with Crippen molar-refractivity contribution in [3.8, 4) is 0 Å². The van der Waals surface area contributed by atoms with Crippen LogP contribution in [0.5, 0.6) is 0 Å². The smallest absolute Gasteiger partial charge is 0.306 e. The predicted molar refractivity (Wildman–Crippen MR) is 40.8 cm³/mol. The van der Waals surface area contributed by atoms with Gasteiger partial charge in [0.1, 0.15) is 0 Å². The van der Waals surface area contributed by atoms with Crippen LogP contribution in [0.1, 0.15) is 27.2 Å². The molecular weight excluding hydrogens is 128 g/mol. The fourth-order valence-electron chi connectivity index (χ4n) is 0.688. The highest BCUT2D eigenvalue weighted by Crippen LogP contribution is 2.09. The first kappa shape index (κ1) is 9.21. The van der Waals surface area contributed by atoms with E-state index in [2.05, 4.69) is 0 Å². The lowest BCUT2D eigenvalue weighted by Crippen LogP contribution is -2.09. The molecule has 0 aromatic carbocycles. The van der Waals surface area contributed by atoms with Gasteiger partial charge in [0.2, 0.25) is 0 Å². The second-order valence-electron chi connectivity index (χ2n) is 2.58. The Morgan fingerprint density at radius 1 is 1.70 bits per heavy atom. The summed E-state index contributed by atoms with van der Waals surface area (Å²) < 4.78 is 0. The van der Waals surface area contributed by atoms with Crippen LogP contribution in [-0.4, -0.2) is 11.1 Å². The van der Waals surface area contributed by atoms with Gasteiger partial charge in [0.15, 0.2) is 0 Å². The first-order chi connectivity index (χ1) is 4.57. The van der Waals surface area contributed by atoms with Crippen LogP contribution in [0.25, 0.3) is 0 Å². The number of allylic oxidation sites excluding steroid dienone is 2. The van der Waals surface area contributed by atoms with Crippen LogP contribution in [0.4, 0.5) is 0 Å².